The standard InChI is InChI=1S/C17H18N4O4S/c1-9-19-11-6-10(4-5-13(11)26-9)24-8-14-20-12(7-25-14)15(22)21-17(2,3)16(18)23/h4-7H,8H2,1-3H3,(H2,18,23)(H,21,22). The molecule has 1 aromatic carbocycles. The first-order valence-electron chi connectivity index (χ1n) is 7.81. The Morgan fingerprint density at radius 3 is 2.85 bits per heavy atom. The van der Waals surface area contributed by atoms with Crippen LogP contribution in [0.2, 0.25) is 0 Å². The second-order valence-electron chi connectivity index (χ2n) is 6.22. The lowest BCUT2D eigenvalue weighted by Gasteiger charge is -2.21. The number of hydrogen-bond acceptors (Lipinski definition) is 7. The maximum absolute atomic E-state index is 12.1. The number of aryl methyl sites for hydroxylation is 1. The average molecular weight is 374 g/mol. The average Bonchev–Trinajstić information content (AvgIpc) is 3.17. The van der Waals surface area contributed by atoms with Crippen LogP contribution >= 0.6 is 11.3 Å². The minimum absolute atomic E-state index is 0.0449. The summed E-state index contributed by atoms with van der Waals surface area (Å²) in [4.78, 5) is 31.9. The van der Waals surface area contributed by atoms with Crippen LogP contribution in [0.4, 0.5) is 0 Å². The number of benzene rings is 1. The molecule has 2 amide bonds. The van der Waals surface area contributed by atoms with E-state index in [1.54, 1.807) is 11.3 Å². The van der Waals surface area contributed by atoms with Crippen molar-refractivity contribution in [3.8, 4) is 5.75 Å². The molecule has 0 bridgehead atoms. The van der Waals surface area contributed by atoms with Crippen LogP contribution in [0.1, 0.15) is 35.2 Å². The van der Waals surface area contributed by atoms with Crippen LogP contribution in [-0.2, 0) is 11.4 Å². The van der Waals surface area contributed by atoms with Crippen molar-refractivity contribution in [1.29, 1.82) is 0 Å². The Morgan fingerprint density at radius 1 is 1.35 bits per heavy atom. The number of rotatable bonds is 6. The van der Waals surface area contributed by atoms with E-state index in [9.17, 15) is 9.59 Å². The highest BCUT2D eigenvalue weighted by Gasteiger charge is 2.28. The van der Waals surface area contributed by atoms with E-state index in [-0.39, 0.29) is 18.2 Å². The van der Waals surface area contributed by atoms with Crippen molar-refractivity contribution in [2.45, 2.75) is 32.9 Å². The molecular weight excluding hydrogens is 356 g/mol. The van der Waals surface area contributed by atoms with Crippen molar-refractivity contribution in [2.24, 2.45) is 5.73 Å². The molecule has 3 N–H and O–H groups in total. The molecule has 8 nitrogen and oxygen atoms in total. The number of carbonyl (C=O) groups excluding carboxylic acids is 2. The third-order valence-corrected chi connectivity index (χ3v) is 4.61. The third-order valence-electron chi connectivity index (χ3n) is 3.65. The number of nitrogens with two attached hydrogens (primary N) is 1. The smallest absolute Gasteiger partial charge is 0.274 e. The van der Waals surface area contributed by atoms with Gasteiger partial charge in [0.2, 0.25) is 11.8 Å². The summed E-state index contributed by atoms with van der Waals surface area (Å²) in [6.07, 6.45) is 1.21. The first-order valence-corrected chi connectivity index (χ1v) is 8.63. The SMILES string of the molecule is Cc1nc2cc(OCc3nc(C(=O)NC(C)(C)C(N)=O)co3)ccc2s1. The molecule has 0 aliphatic heterocycles. The summed E-state index contributed by atoms with van der Waals surface area (Å²) in [7, 11) is 0. The summed E-state index contributed by atoms with van der Waals surface area (Å²) >= 11 is 1.61. The molecule has 0 fully saturated rings. The fraction of sp³-hybridized carbons (Fsp3) is 0.294. The largest absolute Gasteiger partial charge is 0.484 e. The second kappa shape index (κ2) is 6.75. The Labute approximate surface area is 153 Å². The molecule has 0 aliphatic rings. The lowest BCUT2D eigenvalue weighted by atomic mass is 10.1. The highest BCUT2D eigenvalue weighted by molar-refractivity contribution is 7.18. The Kier molecular flexibility index (Phi) is 4.64. The zero-order valence-corrected chi connectivity index (χ0v) is 15.3. The molecule has 26 heavy (non-hydrogen) atoms. The zero-order valence-electron chi connectivity index (χ0n) is 14.5. The lowest BCUT2D eigenvalue weighted by molar-refractivity contribution is -0.122. The fourth-order valence-electron chi connectivity index (χ4n) is 2.15. The Bertz CT molecular complexity index is 976. The van der Waals surface area contributed by atoms with Crippen molar-refractivity contribution in [3.05, 3.63) is 41.1 Å². The van der Waals surface area contributed by atoms with Crippen LogP contribution in [0.15, 0.2) is 28.9 Å². The predicted octanol–water partition coefficient (Wildman–Crippen LogP) is 2.17. The van der Waals surface area contributed by atoms with E-state index in [0.717, 1.165) is 15.2 Å². The lowest BCUT2D eigenvalue weighted by Crippen LogP contribution is -2.53. The molecule has 0 saturated heterocycles. The van der Waals surface area contributed by atoms with Crippen LogP contribution in [-0.4, -0.2) is 27.3 Å². The maximum atomic E-state index is 12.1. The summed E-state index contributed by atoms with van der Waals surface area (Å²) in [5.41, 5.74) is 4.96. The van der Waals surface area contributed by atoms with E-state index in [2.05, 4.69) is 15.3 Å². The minimum Gasteiger partial charge on any atom is -0.484 e. The molecule has 0 unspecified atom stereocenters. The van der Waals surface area contributed by atoms with Gasteiger partial charge in [-0.3, -0.25) is 9.59 Å². The van der Waals surface area contributed by atoms with E-state index in [4.69, 9.17) is 14.9 Å². The number of aromatic nitrogens is 2. The van der Waals surface area contributed by atoms with Gasteiger partial charge < -0.3 is 20.2 Å². The molecule has 0 spiro atoms. The van der Waals surface area contributed by atoms with Crippen LogP contribution in [0.25, 0.3) is 10.2 Å². The minimum atomic E-state index is -1.19. The molecule has 0 saturated carbocycles. The van der Waals surface area contributed by atoms with E-state index in [0.29, 0.717) is 5.75 Å². The molecule has 0 atom stereocenters. The van der Waals surface area contributed by atoms with Crippen molar-refractivity contribution in [3.63, 3.8) is 0 Å². The Hall–Kier alpha value is -2.94. The first-order chi connectivity index (χ1) is 12.2. The van der Waals surface area contributed by atoms with Crippen molar-refractivity contribution in [2.75, 3.05) is 0 Å². The Morgan fingerprint density at radius 2 is 2.12 bits per heavy atom. The molecule has 3 aromatic rings. The summed E-state index contributed by atoms with van der Waals surface area (Å²) in [6, 6.07) is 5.62. The molecule has 2 heterocycles. The highest BCUT2D eigenvalue weighted by atomic mass is 32.1. The summed E-state index contributed by atoms with van der Waals surface area (Å²) in [5.74, 6) is -0.336. The number of hydrogen-bond donors (Lipinski definition) is 2. The molecule has 0 aliphatic carbocycles. The number of nitrogens with zero attached hydrogens (tertiary/aromatic N) is 2. The van der Waals surface area contributed by atoms with Crippen LogP contribution in [0.5, 0.6) is 5.75 Å². The van der Waals surface area contributed by atoms with Gasteiger partial charge in [0.25, 0.3) is 5.91 Å². The number of oxazole rings is 1. The highest BCUT2D eigenvalue weighted by Crippen LogP contribution is 2.25. The second-order valence-corrected chi connectivity index (χ2v) is 7.46. The number of carbonyl (C=O) groups is 2. The molecule has 2 aromatic heterocycles. The van der Waals surface area contributed by atoms with E-state index < -0.39 is 17.4 Å². The zero-order chi connectivity index (χ0) is 18.9. The van der Waals surface area contributed by atoms with Gasteiger partial charge in [0.05, 0.1) is 15.2 Å². The van der Waals surface area contributed by atoms with Gasteiger partial charge >= 0.3 is 0 Å². The molecule has 0 radical (unpaired) electrons. The summed E-state index contributed by atoms with van der Waals surface area (Å²) < 4.78 is 12.0. The Balaban J connectivity index is 1.64. The number of primary amides is 1. The van der Waals surface area contributed by atoms with Crippen molar-refractivity contribution < 1.29 is 18.7 Å². The van der Waals surface area contributed by atoms with Gasteiger partial charge in [-0.05, 0) is 32.9 Å². The van der Waals surface area contributed by atoms with Gasteiger partial charge in [-0.25, -0.2) is 9.97 Å². The quantitative estimate of drug-likeness (QED) is 0.682. The number of nitrogens with one attached hydrogen (secondary N) is 1. The van der Waals surface area contributed by atoms with Gasteiger partial charge in [-0.1, -0.05) is 0 Å². The monoisotopic (exact) mass is 374 g/mol. The van der Waals surface area contributed by atoms with Gasteiger partial charge in [0.1, 0.15) is 17.6 Å². The topological polar surface area (TPSA) is 120 Å². The van der Waals surface area contributed by atoms with Gasteiger partial charge in [0.15, 0.2) is 12.3 Å². The van der Waals surface area contributed by atoms with Gasteiger partial charge in [0, 0.05) is 6.07 Å². The van der Waals surface area contributed by atoms with E-state index >= 15 is 0 Å². The third kappa shape index (κ3) is 3.83. The number of ether oxygens (including phenoxy) is 1. The number of amides is 2. The fourth-order valence-corrected chi connectivity index (χ4v) is 2.96. The molecule has 3 rings (SSSR count). The number of thiazole rings is 1. The summed E-state index contributed by atoms with van der Waals surface area (Å²) in [6.45, 7) is 5.02. The van der Waals surface area contributed by atoms with Gasteiger partial charge in [-0.15, -0.1) is 11.3 Å². The normalized spacial score (nSPS) is 11.5. The van der Waals surface area contributed by atoms with Gasteiger partial charge in [-0.2, -0.15) is 0 Å². The van der Waals surface area contributed by atoms with Crippen LogP contribution < -0.4 is 15.8 Å². The van der Waals surface area contributed by atoms with Crippen LogP contribution in [0, 0.1) is 6.92 Å². The summed E-state index contributed by atoms with van der Waals surface area (Å²) in [5, 5.41) is 3.48. The van der Waals surface area contributed by atoms with E-state index in [1.807, 2.05) is 25.1 Å². The number of fused-ring (bicyclic) bond motifs is 1. The predicted molar refractivity (Wildman–Crippen MR) is 95.9 cm³/mol. The molecular formula is C17H18N4O4S. The first kappa shape index (κ1) is 17.9. The molecule has 9 heteroatoms. The van der Waals surface area contributed by atoms with E-state index in [1.165, 1.54) is 20.1 Å². The molecule has 136 valence electrons. The maximum Gasteiger partial charge on any atom is 0.274 e. The van der Waals surface area contributed by atoms with Crippen molar-refractivity contribution in [1.82, 2.24) is 15.3 Å². The van der Waals surface area contributed by atoms with Crippen molar-refractivity contribution >= 4 is 33.4 Å². The van der Waals surface area contributed by atoms with Crippen LogP contribution in [0.3, 0.4) is 0 Å².